The summed E-state index contributed by atoms with van der Waals surface area (Å²) in [4.78, 5) is 12.7. The molecule has 1 amide bonds. The van der Waals surface area contributed by atoms with Gasteiger partial charge in [0.15, 0.2) is 0 Å². The van der Waals surface area contributed by atoms with Crippen LogP contribution in [0.15, 0.2) is 52.9 Å². The molecule has 0 atom stereocenters. The highest BCUT2D eigenvalue weighted by Crippen LogP contribution is 2.11. The molecule has 0 aliphatic rings. The van der Waals surface area contributed by atoms with Gasteiger partial charge in [0, 0.05) is 10.6 Å². The number of amides is 1. The van der Waals surface area contributed by atoms with Gasteiger partial charge < -0.3 is 0 Å². The summed E-state index contributed by atoms with van der Waals surface area (Å²) < 4.78 is 0. The molecule has 0 aliphatic heterocycles. The Morgan fingerprint density at radius 2 is 2.05 bits per heavy atom. The number of carbonyl (C=O) groups excluding carboxylic acids is 1. The lowest BCUT2D eigenvalue weighted by molar-refractivity contribution is -0.118. The molecule has 0 unspecified atom stereocenters. The number of thiophene rings is 1. The second-order valence-electron chi connectivity index (χ2n) is 4.19. The summed E-state index contributed by atoms with van der Waals surface area (Å²) in [7, 11) is 0. The molecule has 0 saturated carbocycles. The van der Waals surface area contributed by atoms with Crippen molar-refractivity contribution in [2.24, 2.45) is 5.10 Å². The fourth-order valence-electron chi connectivity index (χ4n) is 1.55. The van der Waals surface area contributed by atoms with E-state index in [9.17, 15) is 4.79 Å². The molecule has 0 radical (unpaired) electrons. The van der Waals surface area contributed by atoms with Crippen LogP contribution < -0.4 is 5.43 Å². The van der Waals surface area contributed by atoms with Crippen LogP contribution in [0.1, 0.15) is 17.4 Å². The van der Waals surface area contributed by atoms with Crippen molar-refractivity contribution in [2.75, 3.05) is 5.75 Å². The van der Waals surface area contributed by atoms with Crippen molar-refractivity contribution in [2.45, 2.75) is 12.7 Å². The van der Waals surface area contributed by atoms with Gasteiger partial charge in [0.25, 0.3) is 0 Å². The minimum Gasteiger partial charge on any atom is -0.272 e. The van der Waals surface area contributed by atoms with Gasteiger partial charge in [-0.05, 0) is 23.9 Å². The van der Waals surface area contributed by atoms with Crippen LogP contribution in [0.3, 0.4) is 0 Å². The van der Waals surface area contributed by atoms with E-state index in [2.05, 4.69) is 22.7 Å². The maximum Gasteiger partial charge on any atom is 0.250 e. The maximum atomic E-state index is 11.7. The summed E-state index contributed by atoms with van der Waals surface area (Å²) in [6.45, 7) is 1.89. The molecule has 104 valence electrons. The quantitative estimate of drug-likeness (QED) is 0.655. The number of hydrogen-bond donors (Lipinski definition) is 1. The van der Waals surface area contributed by atoms with Crippen molar-refractivity contribution in [3.63, 3.8) is 0 Å². The van der Waals surface area contributed by atoms with Gasteiger partial charge in [-0.15, -0.1) is 23.1 Å². The van der Waals surface area contributed by atoms with Gasteiger partial charge in [-0.1, -0.05) is 36.4 Å². The Morgan fingerprint density at radius 1 is 1.25 bits per heavy atom. The third-order valence-electron chi connectivity index (χ3n) is 2.57. The number of nitrogens with one attached hydrogen (secondary N) is 1. The van der Waals surface area contributed by atoms with Crippen molar-refractivity contribution in [3.8, 4) is 0 Å². The molecule has 0 spiro atoms. The Hall–Kier alpha value is -1.59. The Balaban J connectivity index is 1.72. The topological polar surface area (TPSA) is 41.5 Å². The van der Waals surface area contributed by atoms with Crippen LogP contribution in [-0.2, 0) is 10.5 Å². The van der Waals surface area contributed by atoms with E-state index in [1.54, 1.807) is 23.1 Å². The van der Waals surface area contributed by atoms with Gasteiger partial charge in [0.1, 0.15) is 0 Å². The van der Waals surface area contributed by atoms with Crippen molar-refractivity contribution < 1.29 is 4.79 Å². The van der Waals surface area contributed by atoms with E-state index in [1.165, 1.54) is 5.56 Å². The first-order valence-electron chi connectivity index (χ1n) is 6.24. The lowest BCUT2D eigenvalue weighted by Crippen LogP contribution is -2.21. The standard InChI is InChI=1S/C15H16N2OS2/c1-12(14-8-5-9-20-14)16-17-15(18)11-19-10-13-6-3-2-4-7-13/h2-9H,10-11H2,1H3,(H,17,18)/b16-12-. The zero-order chi connectivity index (χ0) is 14.2. The fraction of sp³-hybridized carbons (Fsp3) is 0.200. The van der Waals surface area contributed by atoms with Crippen molar-refractivity contribution in [1.29, 1.82) is 0 Å². The Bertz CT molecular complexity index is 565. The lowest BCUT2D eigenvalue weighted by atomic mass is 10.2. The summed E-state index contributed by atoms with van der Waals surface area (Å²) in [6.07, 6.45) is 0. The highest BCUT2D eigenvalue weighted by Gasteiger charge is 2.02. The third-order valence-corrected chi connectivity index (χ3v) is 4.55. The molecular formula is C15H16N2OS2. The van der Waals surface area contributed by atoms with Crippen molar-refractivity contribution in [3.05, 3.63) is 58.3 Å². The number of hydrazone groups is 1. The van der Waals surface area contributed by atoms with E-state index in [4.69, 9.17) is 0 Å². The number of thioether (sulfide) groups is 1. The van der Waals surface area contributed by atoms with Gasteiger partial charge in [-0.25, -0.2) is 5.43 Å². The molecule has 20 heavy (non-hydrogen) atoms. The first-order valence-corrected chi connectivity index (χ1v) is 8.28. The molecule has 5 heteroatoms. The van der Waals surface area contributed by atoms with Gasteiger partial charge in [0.2, 0.25) is 5.91 Å². The SMILES string of the molecule is C/C(=N/NC(=O)CSCc1ccccc1)c1cccs1. The first-order chi connectivity index (χ1) is 9.75. The molecule has 3 nitrogen and oxygen atoms in total. The largest absolute Gasteiger partial charge is 0.272 e. The molecule has 0 fully saturated rings. The van der Waals surface area contributed by atoms with E-state index >= 15 is 0 Å². The molecular weight excluding hydrogens is 288 g/mol. The highest BCUT2D eigenvalue weighted by atomic mass is 32.2. The second kappa shape index (κ2) is 7.87. The van der Waals surface area contributed by atoms with Gasteiger partial charge >= 0.3 is 0 Å². The number of carbonyl (C=O) groups is 1. The number of rotatable bonds is 6. The molecule has 2 aromatic rings. The minimum atomic E-state index is -0.0677. The normalized spacial score (nSPS) is 11.3. The molecule has 2 rings (SSSR count). The zero-order valence-electron chi connectivity index (χ0n) is 11.2. The fourth-order valence-corrected chi connectivity index (χ4v) is 3.01. The molecule has 1 aromatic heterocycles. The number of hydrogen-bond acceptors (Lipinski definition) is 4. The molecule has 1 aromatic carbocycles. The average Bonchev–Trinajstić information content (AvgIpc) is 3.00. The van der Waals surface area contributed by atoms with Crippen molar-refractivity contribution in [1.82, 2.24) is 5.43 Å². The zero-order valence-corrected chi connectivity index (χ0v) is 12.8. The predicted molar refractivity (Wildman–Crippen MR) is 87.3 cm³/mol. The first kappa shape index (κ1) is 14.8. The molecule has 0 saturated heterocycles. The summed E-state index contributed by atoms with van der Waals surface area (Å²) in [5.74, 6) is 1.18. The van der Waals surface area contributed by atoms with Crippen LogP contribution in [0.5, 0.6) is 0 Å². The Labute approximate surface area is 127 Å². The van der Waals surface area contributed by atoms with Crippen LogP contribution in [0.25, 0.3) is 0 Å². The minimum absolute atomic E-state index is 0.0677. The molecule has 0 aliphatic carbocycles. The molecule has 1 N–H and O–H groups in total. The smallest absolute Gasteiger partial charge is 0.250 e. The van der Waals surface area contributed by atoms with Crippen LogP contribution in [0.2, 0.25) is 0 Å². The van der Waals surface area contributed by atoms with Gasteiger partial charge in [-0.2, -0.15) is 5.10 Å². The molecule has 1 heterocycles. The van der Waals surface area contributed by atoms with Crippen LogP contribution in [0.4, 0.5) is 0 Å². The van der Waals surface area contributed by atoms with Crippen LogP contribution >= 0.6 is 23.1 Å². The molecule has 0 bridgehead atoms. The maximum absolute atomic E-state index is 11.7. The predicted octanol–water partition coefficient (Wildman–Crippen LogP) is 3.52. The van der Waals surface area contributed by atoms with Crippen LogP contribution in [-0.4, -0.2) is 17.4 Å². The third kappa shape index (κ3) is 4.83. The van der Waals surface area contributed by atoms with E-state index in [0.29, 0.717) is 5.75 Å². The monoisotopic (exact) mass is 304 g/mol. The van der Waals surface area contributed by atoms with E-state index in [0.717, 1.165) is 16.3 Å². The second-order valence-corrected chi connectivity index (χ2v) is 6.12. The van der Waals surface area contributed by atoms with Crippen molar-refractivity contribution >= 4 is 34.7 Å². The number of nitrogens with zero attached hydrogens (tertiary/aromatic N) is 1. The lowest BCUT2D eigenvalue weighted by Gasteiger charge is -2.02. The van der Waals surface area contributed by atoms with E-state index in [-0.39, 0.29) is 5.91 Å². The number of benzene rings is 1. The van der Waals surface area contributed by atoms with Gasteiger partial charge in [-0.3, -0.25) is 4.79 Å². The average molecular weight is 304 g/mol. The van der Waals surface area contributed by atoms with Gasteiger partial charge in [0.05, 0.1) is 11.5 Å². The summed E-state index contributed by atoms with van der Waals surface area (Å²) in [6, 6.07) is 14.1. The van der Waals surface area contributed by atoms with E-state index < -0.39 is 0 Å². The summed E-state index contributed by atoms with van der Waals surface area (Å²) in [5.41, 5.74) is 4.65. The van der Waals surface area contributed by atoms with Crippen LogP contribution in [0, 0.1) is 0 Å². The van der Waals surface area contributed by atoms with E-state index in [1.807, 2.05) is 42.6 Å². The highest BCUT2D eigenvalue weighted by molar-refractivity contribution is 7.99. The Morgan fingerprint density at radius 3 is 2.75 bits per heavy atom. The Kier molecular flexibility index (Phi) is 5.83. The summed E-state index contributed by atoms with van der Waals surface area (Å²) in [5, 5.41) is 6.10. The summed E-state index contributed by atoms with van der Waals surface area (Å²) >= 11 is 3.20.